The molecule has 2 rings (SSSR count). The molecule has 0 amide bonds. The summed E-state index contributed by atoms with van der Waals surface area (Å²) in [5.41, 5.74) is 1.96. The van der Waals surface area contributed by atoms with Gasteiger partial charge in [0.25, 0.3) is 0 Å². The van der Waals surface area contributed by atoms with Gasteiger partial charge in [0.15, 0.2) is 5.16 Å². The smallest absolute Gasteiger partial charge is 0.188 e. The first kappa shape index (κ1) is 10.9. The molecule has 3 nitrogen and oxygen atoms in total. The summed E-state index contributed by atoms with van der Waals surface area (Å²) in [5, 5.41) is 10.3. The number of benzene rings is 1. The fourth-order valence-electron chi connectivity index (χ4n) is 1.46. The first-order chi connectivity index (χ1) is 7.81. The maximum absolute atomic E-state index is 8.47. The lowest BCUT2D eigenvalue weighted by Gasteiger charge is -2.03. The second-order valence-corrected chi connectivity index (χ2v) is 4.43. The number of rotatable bonds is 3. The Morgan fingerprint density at radius 3 is 2.94 bits per heavy atom. The van der Waals surface area contributed by atoms with Crippen molar-refractivity contribution in [3.63, 3.8) is 0 Å². The molecule has 0 fully saturated rings. The normalized spacial score (nSPS) is 10.2. The molecule has 0 saturated heterocycles. The lowest BCUT2D eigenvalue weighted by molar-refractivity contribution is 0.967. The highest BCUT2D eigenvalue weighted by Crippen LogP contribution is 2.20. The minimum atomic E-state index is 0.528. The van der Waals surface area contributed by atoms with Gasteiger partial charge in [-0.05, 0) is 13.0 Å². The van der Waals surface area contributed by atoms with E-state index in [9.17, 15) is 0 Å². The summed E-state index contributed by atoms with van der Waals surface area (Å²) in [6.45, 7) is 1.98. The van der Waals surface area contributed by atoms with Gasteiger partial charge in [0.1, 0.15) is 0 Å². The second-order valence-electron chi connectivity index (χ2n) is 3.37. The monoisotopic (exact) mass is 229 g/mol. The minimum absolute atomic E-state index is 0.528. The van der Waals surface area contributed by atoms with E-state index in [1.54, 1.807) is 0 Å². The third-order valence-electron chi connectivity index (χ3n) is 2.22. The zero-order valence-corrected chi connectivity index (χ0v) is 9.79. The zero-order chi connectivity index (χ0) is 11.4. The highest BCUT2D eigenvalue weighted by atomic mass is 32.2. The Balaban J connectivity index is 2.31. The highest BCUT2D eigenvalue weighted by molar-refractivity contribution is 7.99. The molecule has 2 aromatic rings. The Morgan fingerprint density at radius 2 is 2.12 bits per heavy atom. The van der Waals surface area contributed by atoms with E-state index < -0.39 is 0 Å². The maximum Gasteiger partial charge on any atom is 0.188 e. The first-order valence-corrected chi connectivity index (χ1v) is 6.03. The minimum Gasteiger partial charge on any atom is -0.227 e. The topological polar surface area (TPSA) is 49.6 Å². The van der Waals surface area contributed by atoms with Gasteiger partial charge in [0.05, 0.1) is 11.6 Å². The van der Waals surface area contributed by atoms with Crippen LogP contribution in [0.25, 0.3) is 10.9 Å². The number of thioether (sulfide) groups is 1. The summed E-state index contributed by atoms with van der Waals surface area (Å²) in [5.74, 6) is 0.744. The molecule has 1 heterocycles. The number of aryl methyl sites for hydroxylation is 1. The van der Waals surface area contributed by atoms with Gasteiger partial charge in [-0.2, -0.15) is 5.26 Å². The molecule has 0 aliphatic rings. The van der Waals surface area contributed by atoms with Crippen LogP contribution in [0, 0.1) is 18.3 Å². The van der Waals surface area contributed by atoms with E-state index in [1.165, 1.54) is 11.8 Å². The molecule has 16 heavy (non-hydrogen) atoms. The summed E-state index contributed by atoms with van der Waals surface area (Å²) < 4.78 is 0. The van der Waals surface area contributed by atoms with Crippen molar-refractivity contribution in [1.29, 1.82) is 5.26 Å². The van der Waals surface area contributed by atoms with Gasteiger partial charge >= 0.3 is 0 Å². The maximum atomic E-state index is 8.47. The van der Waals surface area contributed by atoms with Gasteiger partial charge in [-0.3, -0.25) is 0 Å². The molecular formula is C12H11N3S. The van der Waals surface area contributed by atoms with E-state index in [2.05, 4.69) is 16.0 Å². The molecule has 1 aromatic heterocycles. The van der Waals surface area contributed by atoms with Crippen LogP contribution < -0.4 is 0 Å². The molecule has 0 unspecified atom stereocenters. The fourth-order valence-corrected chi connectivity index (χ4v) is 2.20. The third kappa shape index (κ3) is 2.31. The van der Waals surface area contributed by atoms with E-state index >= 15 is 0 Å². The van der Waals surface area contributed by atoms with Crippen molar-refractivity contribution in [2.24, 2.45) is 0 Å². The van der Waals surface area contributed by atoms with E-state index in [4.69, 9.17) is 5.26 Å². The molecule has 0 aliphatic heterocycles. The Morgan fingerprint density at radius 1 is 1.31 bits per heavy atom. The number of nitrogens with zero attached hydrogens (tertiary/aromatic N) is 3. The van der Waals surface area contributed by atoms with E-state index in [1.807, 2.05) is 31.2 Å². The molecular weight excluding hydrogens is 218 g/mol. The lowest BCUT2D eigenvalue weighted by Crippen LogP contribution is -1.93. The van der Waals surface area contributed by atoms with Crippen LogP contribution in [-0.4, -0.2) is 15.7 Å². The number of para-hydroxylation sites is 1. The average Bonchev–Trinajstić information content (AvgIpc) is 2.30. The predicted octanol–water partition coefficient (Wildman–Crippen LogP) is 2.94. The molecule has 0 bridgehead atoms. The van der Waals surface area contributed by atoms with Crippen molar-refractivity contribution in [3.05, 3.63) is 30.0 Å². The second kappa shape index (κ2) is 4.95. The number of hydrogen-bond acceptors (Lipinski definition) is 4. The van der Waals surface area contributed by atoms with Crippen LogP contribution in [-0.2, 0) is 0 Å². The highest BCUT2D eigenvalue weighted by Gasteiger charge is 2.03. The third-order valence-corrected chi connectivity index (χ3v) is 3.07. The standard InChI is InChI=1S/C12H11N3S/c1-9-10-5-2-3-6-11(10)15-12(14-9)16-8-4-7-13/h2-3,5-6H,4,8H2,1H3. The van der Waals surface area contributed by atoms with Crippen LogP contribution in [0.2, 0.25) is 0 Å². The zero-order valence-electron chi connectivity index (χ0n) is 8.97. The molecule has 0 aliphatic carbocycles. The molecule has 0 saturated carbocycles. The van der Waals surface area contributed by atoms with Gasteiger partial charge in [0, 0.05) is 23.3 Å². The van der Waals surface area contributed by atoms with Crippen LogP contribution >= 0.6 is 11.8 Å². The van der Waals surface area contributed by atoms with Crippen LogP contribution in [0.5, 0.6) is 0 Å². The fraction of sp³-hybridized carbons (Fsp3) is 0.250. The number of nitriles is 1. The van der Waals surface area contributed by atoms with Crippen LogP contribution in [0.1, 0.15) is 12.1 Å². The van der Waals surface area contributed by atoms with Crippen LogP contribution in [0.15, 0.2) is 29.4 Å². The van der Waals surface area contributed by atoms with Crippen molar-refractivity contribution < 1.29 is 0 Å². The number of fused-ring (bicyclic) bond motifs is 1. The van der Waals surface area contributed by atoms with Crippen molar-refractivity contribution in [2.75, 3.05) is 5.75 Å². The first-order valence-electron chi connectivity index (χ1n) is 5.04. The Hall–Kier alpha value is -1.60. The Kier molecular flexibility index (Phi) is 3.37. The lowest BCUT2D eigenvalue weighted by atomic mass is 10.2. The summed E-state index contributed by atoms with van der Waals surface area (Å²) >= 11 is 1.53. The summed E-state index contributed by atoms with van der Waals surface area (Å²) in [7, 11) is 0. The van der Waals surface area contributed by atoms with Crippen molar-refractivity contribution >= 4 is 22.7 Å². The molecule has 0 spiro atoms. The van der Waals surface area contributed by atoms with Crippen molar-refractivity contribution in [2.45, 2.75) is 18.5 Å². The Labute approximate surface area is 98.5 Å². The van der Waals surface area contributed by atoms with Gasteiger partial charge in [0.2, 0.25) is 0 Å². The van der Waals surface area contributed by atoms with Gasteiger partial charge in [-0.1, -0.05) is 30.0 Å². The molecule has 0 radical (unpaired) electrons. The van der Waals surface area contributed by atoms with Gasteiger partial charge < -0.3 is 0 Å². The van der Waals surface area contributed by atoms with Gasteiger partial charge in [-0.25, -0.2) is 9.97 Å². The number of hydrogen-bond donors (Lipinski definition) is 0. The summed E-state index contributed by atoms with van der Waals surface area (Å²) in [6.07, 6.45) is 0.528. The van der Waals surface area contributed by atoms with Crippen molar-refractivity contribution in [1.82, 2.24) is 9.97 Å². The predicted molar refractivity (Wildman–Crippen MR) is 65.2 cm³/mol. The molecule has 4 heteroatoms. The summed E-state index contributed by atoms with van der Waals surface area (Å²) in [6, 6.07) is 10.1. The molecule has 0 N–H and O–H groups in total. The van der Waals surface area contributed by atoms with E-state index in [0.717, 1.165) is 27.5 Å². The quantitative estimate of drug-likeness (QED) is 0.461. The molecule has 1 aromatic carbocycles. The molecule has 0 atom stereocenters. The number of aromatic nitrogens is 2. The Bertz CT molecular complexity index is 545. The summed E-state index contributed by atoms with van der Waals surface area (Å²) in [4.78, 5) is 8.87. The molecule has 80 valence electrons. The van der Waals surface area contributed by atoms with E-state index in [0.29, 0.717) is 6.42 Å². The van der Waals surface area contributed by atoms with Crippen LogP contribution in [0.4, 0.5) is 0 Å². The van der Waals surface area contributed by atoms with Crippen LogP contribution in [0.3, 0.4) is 0 Å². The SMILES string of the molecule is Cc1nc(SCCC#N)nc2ccccc12. The van der Waals surface area contributed by atoms with Gasteiger partial charge in [-0.15, -0.1) is 0 Å². The largest absolute Gasteiger partial charge is 0.227 e. The average molecular weight is 229 g/mol. The van der Waals surface area contributed by atoms with E-state index in [-0.39, 0.29) is 0 Å². The van der Waals surface area contributed by atoms with Crippen molar-refractivity contribution in [3.8, 4) is 6.07 Å².